The molecule has 0 aliphatic rings. The third-order valence-corrected chi connectivity index (χ3v) is 3.13. The molecule has 0 amide bonds. The lowest BCUT2D eigenvalue weighted by molar-refractivity contribution is -0.385. The molecule has 1 atom stereocenters. The zero-order valence-corrected chi connectivity index (χ0v) is 11.9. The molecule has 0 fully saturated rings. The highest BCUT2D eigenvalue weighted by Crippen LogP contribution is 2.29. The summed E-state index contributed by atoms with van der Waals surface area (Å²) in [7, 11) is 0. The van der Waals surface area contributed by atoms with Crippen LogP contribution in [0.1, 0.15) is 29.7 Å². The van der Waals surface area contributed by atoms with Gasteiger partial charge in [-0.3, -0.25) is 10.1 Å². The lowest BCUT2D eigenvalue weighted by atomic mass is 10.1. The Morgan fingerprint density at radius 2 is 2.05 bits per heavy atom. The van der Waals surface area contributed by atoms with E-state index in [0.717, 1.165) is 11.1 Å². The number of nitro groups is 1. The van der Waals surface area contributed by atoms with Crippen molar-refractivity contribution in [1.29, 1.82) is 0 Å². The van der Waals surface area contributed by atoms with E-state index in [4.69, 9.17) is 4.74 Å². The summed E-state index contributed by atoms with van der Waals surface area (Å²) in [5, 5.41) is 20.5. The Balaban J connectivity index is 2.21. The van der Waals surface area contributed by atoms with Crippen LogP contribution in [0.5, 0.6) is 5.75 Å². The third-order valence-electron chi connectivity index (χ3n) is 3.13. The van der Waals surface area contributed by atoms with Crippen LogP contribution in [0.2, 0.25) is 0 Å². The minimum Gasteiger partial charge on any atom is -0.489 e. The highest BCUT2D eigenvalue weighted by molar-refractivity contribution is 5.45. The van der Waals surface area contributed by atoms with Crippen LogP contribution in [0, 0.1) is 17.0 Å². The maximum atomic E-state index is 10.8. The summed E-state index contributed by atoms with van der Waals surface area (Å²) in [5.74, 6) is 0.456. The number of nitrogens with zero attached hydrogens (tertiary/aromatic N) is 1. The van der Waals surface area contributed by atoms with Crippen LogP contribution in [0.25, 0.3) is 0 Å². The van der Waals surface area contributed by atoms with Crippen molar-refractivity contribution in [2.24, 2.45) is 0 Å². The lowest BCUT2D eigenvalue weighted by Crippen LogP contribution is -2.02. The highest BCUT2D eigenvalue weighted by Gasteiger charge is 2.15. The van der Waals surface area contributed by atoms with E-state index in [1.807, 2.05) is 31.2 Å². The minimum atomic E-state index is -0.836. The molecule has 0 aliphatic carbocycles. The number of benzene rings is 2. The van der Waals surface area contributed by atoms with Crippen LogP contribution in [0.4, 0.5) is 5.69 Å². The van der Waals surface area contributed by atoms with Crippen molar-refractivity contribution in [1.82, 2.24) is 0 Å². The molecule has 2 aromatic rings. The highest BCUT2D eigenvalue weighted by atomic mass is 16.6. The number of aliphatic hydroxyl groups excluding tert-OH is 1. The molecule has 0 aromatic heterocycles. The van der Waals surface area contributed by atoms with Crippen molar-refractivity contribution < 1.29 is 14.8 Å². The van der Waals surface area contributed by atoms with Crippen LogP contribution >= 0.6 is 0 Å². The van der Waals surface area contributed by atoms with E-state index in [9.17, 15) is 15.2 Å². The Hall–Kier alpha value is -2.40. The van der Waals surface area contributed by atoms with Gasteiger partial charge in [-0.15, -0.1) is 0 Å². The van der Waals surface area contributed by atoms with Gasteiger partial charge in [0, 0.05) is 17.7 Å². The lowest BCUT2D eigenvalue weighted by Gasteiger charge is -2.13. The average molecular weight is 287 g/mol. The van der Waals surface area contributed by atoms with Gasteiger partial charge in [-0.2, -0.15) is 0 Å². The smallest absolute Gasteiger partial charge is 0.270 e. The molecule has 5 heteroatoms. The quantitative estimate of drug-likeness (QED) is 0.674. The molecule has 0 aliphatic heterocycles. The van der Waals surface area contributed by atoms with Crippen molar-refractivity contribution in [3.63, 3.8) is 0 Å². The summed E-state index contributed by atoms with van der Waals surface area (Å²) < 4.78 is 5.69. The zero-order valence-electron chi connectivity index (χ0n) is 11.9. The molecular formula is C16H17NO4. The number of aryl methyl sites for hydroxylation is 1. The molecule has 21 heavy (non-hydrogen) atoms. The molecule has 0 radical (unpaired) electrons. The summed E-state index contributed by atoms with van der Waals surface area (Å²) in [6, 6.07) is 12.1. The first-order valence-corrected chi connectivity index (χ1v) is 6.62. The molecule has 0 unspecified atom stereocenters. The zero-order chi connectivity index (χ0) is 15.4. The van der Waals surface area contributed by atoms with E-state index in [2.05, 4.69) is 0 Å². The molecule has 2 rings (SSSR count). The first-order chi connectivity index (χ1) is 9.97. The number of hydrogen-bond acceptors (Lipinski definition) is 4. The largest absolute Gasteiger partial charge is 0.489 e. The first kappa shape index (κ1) is 15.0. The van der Waals surface area contributed by atoms with Gasteiger partial charge in [0.05, 0.1) is 11.0 Å². The molecule has 110 valence electrons. The molecule has 0 saturated heterocycles. The Morgan fingerprint density at radius 1 is 1.29 bits per heavy atom. The maximum Gasteiger partial charge on any atom is 0.270 e. The molecule has 0 spiro atoms. The SMILES string of the molecule is Cc1cccc(COc2ccc([N+](=O)[O-])cc2[C@@H](C)O)c1. The van der Waals surface area contributed by atoms with Crippen molar-refractivity contribution in [3.8, 4) is 5.75 Å². The predicted molar refractivity (Wildman–Crippen MR) is 79.2 cm³/mol. The van der Waals surface area contributed by atoms with Gasteiger partial charge in [0.2, 0.25) is 0 Å². The summed E-state index contributed by atoms with van der Waals surface area (Å²) in [6.07, 6.45) is -0.836. The molecule has 2 aromatic carbocycles. The van der Waals surface area contributed by atoms with E-state index in [1.165, 1.54) is 18.2 Å². The Morgan fingerprint density at radius 3 is 2.67 bits per heavy atom. The van der Waals surface area contributed by atoms with Crippen LogP contribution < -0.4 is 4.74 Å². The first-order valence-electron chi connectivity index (χ1n) is 6.62. The monoisotopic (exact) mass is 287 g/mol. The maximum absolute atomic E-state index is 10.8. The van der Waals surface area contributed by atoms with Crippen molar-refractivity contribution in [2.45, 2.75) is 26.6 Å². The Kier molecular flexibility index (Phi) is 4.55. The van der Waals surface area contributed by atoms with Crippen LogP contribution in [-0.2, 0) is 6.61 Å². The summed E-state index contributed by atoms with van der Waals surface area (Å²) in [4.78, 5) is 10.3. The number of rotatable bonds is 5. The van der Waals surface area contributed by atoms with Gasteiger partial charge < -0.3 is 9.84 Å². The van der Waals surface area contributed by atoms with E-state index >= 15 is 0 Å². The predicted octanol–water partition coefficient (Wildman–Crippen LogP) is 3.54. The normalized spacial score (nSPS) is 12.0. The molecule has 5 nitrogen and oxygen atoms in total. The van der Waals surface area contributed by atoms with Gasteiger partial charge in [-0.1, -0.05) is 29.8 Å². The summed E-state index contributed by atoms with van der Waals surface area (Å²) in [6.45, 7) is 3.90. The van der Waals surface area contributed by atoms with Gasteiger partial charge in [0.1, 0.15) is 12.4 Å². The average Bonchev–Trinajstić information content (AvgIpc) is 2.44. The van der Waals surface area contributed by atoms with Crippen molar-refractivity contribution in [2.75, 3.05) is 0 Å². The number of nitro benzene ring substituents is 1. The summed E-state index contributed by atoms with van der Waals surface area (Å²) in [5.41, 5.74) is 2.49. The number of aliphatic hydroxyl groups is 1. The van der Waals surface area contributed by atoms with Crippen molar-refractivity contribution in [3.05, 3.63) is 69.3 Å². The molecular weight excluding hydrogens is 270 g/mol. The molecule has 1 N–H and O–H groups in total. The van der Waals surface area contributed by atoms with Crippen LogP contribution in [-0.4, -0.2) is 10.0 Å². The second-order valence-corrected chi connectivity index (χ2v) is 4.93. The fourth-order valence-electron chi connectivity index (χ4n) is 2.07. The summed E-state index contributed by atoms with van der Waals surface area (Å²) >= 11 is 0. The Labute approximate surface area is 123 Å². The number of non-ortho nitro benzene ring substituents is 1. The standard InChI is InChI=1S/C16H17NO4/c1-11-4-3-5-13(8-11)10-21-16-7-6-14(17(19)20)9-15(16)12(2)18/h3-9,12,18H,10H2,1-2H3/t12-/m1/s1. The number of ether oxygens (including phenoxy) is 1. The second-order valence-electron chi connectivity index (χ2n) is 4.93. The van der Waals surface area contributed by atoms with Gasteiger partial charge in [0.15, 0.2) is 0 Å². The fraction of sp³-hybridized carbons (Fsp3) is 0.250. The van der Waals surface area contributed by atoms with Gasteiger partial charge >= 0.3 is 0 Å². The third kappa shape index (κ3) is 3.79. The van der Waals surface area contributed by atoms with E-state index < -0.39 is 11.0 Å². The van der Waals surface area contributed by atoms with E-state index in [-0.39, 0.29) is 5.69 Å². The van der Waals surface area contributed by atoms with Gasteiger partial charge in [0.25, 0.3) is 5.69 Å². The minimum absolute atomic E-state index is 0.0613. The van der Waals surface area contributed by atoms with Crippen molar-refractivity contribution >= 4 is 5.69 Å². The van der Waals surface area contributed by atoms with Gasteiger partial charge in [-0.05, 0) is 25.5 Å². The van der Waals surface area contributed by atoms with Crippen LogP contribution in [0.15, 0.2) is 42.5 Å². The fourth-order valence-corrected chi connectivity index (χ4v) is 2.07. The molecule has 0 heterocycles. The van der Waals surface area contributed by atoms with E-state index in [1.54, 1.807) is 6.92 Å². The second kappa shape index (κ2) is 6.37. The Bertz CT molecular complexity index is 652. The topological polar surface area (TPSA) is 72.6 Å². The van der Waals surface area contributed by atoms with Gasteiger partial charge in [-0.25, -0.2) is 0 Å². The number of hydrogen-bond donors (Lipinski definition) is 1. The van der Waals surface area contributed by atoms with E-state index in [0.29, 0.717) is 17.9 Å². The molecule has 0 bridgehead atoms. The molecule has 0 saturated carbocycles. The van der Waals surface area contributed by atoms with Crippen LogP contribution in [0.3, 0.4) is 0 Å².